The van der Waals surface area contributed by atoms with Crippen LogP contribution in [0, 0.1) is 0 Å². The number of benzene rings is 3. The highest BCUT2D eigenvalue weighted by atomic mass is 32.2. The average molecular weight is 389 g/mol. The van der Waals surface area contributed by atoms with Crippen molar-refractivity contribution in [3.8, 4) is 11.1 Å². The Labute approximate surface area is 171 Å². The first-order valence-electron chi connectivity index (χ1n) is 10.1. The summed E-state index contributed by atoms with van der Waals surface area (Å²) >= 11 is 0. The van der Waals surface area contributed by atoms with E-state index in [4.69, 9.17) is 0 Å². The summed E-state index contributed by atoms with van der Waals surface area (Å²) in [4.78, 5) is 0.905. The van der Waals surface area contributed by atoms with Crippen LogP contribution in [0.15, 0.2) is 71.6 Å². The van der Waals surface area contributed by atoms with Crippen LogP contribution in [0.3, 0.4) is 0 Å². The second-order valence-corrected chi connectivity index (χ2v) is 10.9. The van der Waals surface area contributed by atoms with Gasteiger partial charge in [0.2, 0.25) is 0 Å². The number of rotatable bonds is 2. The van der Waals surface area contributed by atoms with Crippen LogP contribution in [0.4, 0.5) is 0 Å². The first kappa shape index (κ1) is 19.1. The van der Waals surface area contributed by atoms with Gasteiger partial charge in [-0.1, -0.05) is 54.6 Å². The molecule has 28 heavy (non-hydrogen) atoms. The Hall–Kier alpha value is -2.19. The molecule has 1 unspecified atom stereocenters. The monoisotopic (exact) mass is 388 g/mol. The molecule has 0 N–H and O–H groups in total. The third-order valence-corrected chi connectivity index (χ3v) is 7.33. The van der Waals surface area contributed by atoms with Crippen molar-refractivity contribution in [2.24, 2.45) is 0 Å². The van der Waals surface area contributed by atoms with Crippen molar-refractivity contribution in [2.75, 3.05) is 0 Å². The van der Waals surface area contributed by atoms with E-state index in [0.717, 1.165) is 30.6 Å². The van der Waals surface area contributed by atoms with Crippen LogP contribution in [0.5, 0.6) is 0 Å². The highest BCUT2D eigenvalue weighted by molar-refractivity contribution is 7.86. The van der Waals surface area contributed by atoms with Crippen molar-refractivity contribution < 1.29 is 4.21 Å². The molecule has 0 amide bonds. The van der Waals surface area contributed by atoms with E-state index < -0.39 is 10.8 Å². The summed E-state index contributed by atoms with van der Waals surface area (Å²) < 4.78 is 12.4. The molecule has 0 fully saturated rings. The van der Waals surface area contributed by atoms with E-state index in [1.807, 2.05) is 32.9 Å². The van der Waals surface area contributed by atoms with Crippen molar-refractivity contribution in [3.63, 3.8) is 0 Å². The van der Waals surface area contributed by atoms with Gasteiger partial charge >= 0.3 is 0 Å². The molecule has 2 heteroatoms. The SMILES string of the molecule is CC(C)(C)S(=O)c1ccc(-c2cc3ccc2CCc2ccc(cc2)CC3)cc1. The Bertz CT molecular complexity index is 992. The van der Waals surface area contributed by atoms with E-state index in [0.29, 0.717) is 0 Å². The fourth-order valence-electron chi connectivity index (χ4n) is 3.82. The smallest absolute Gasteiger partial charge is 0.0583 e. The Morgan fingerprint density at radius 2 is 1.21 bits per heavy atom. The topological polar surface area (TPSA) is 17.1 Å². The molecule has 0 aromatic heterocycles. The van der Waals surface area contributed by atoms with Crippen LogP contribution in [-0.4, -0.2) is 8.96 Å². The second kappa shape index (κ2) is 7.67. The molecular weight excluding hydrogens is 360 g/mol. The normalized spacial score (nSPS) is 15.1. The maximum Gasteiger partial charge on any atom is 0.0583 e. The fraction of sp³-hybridized carbons (Fsp3) is 0.308. The van der Waals surface area contributed by atoms with Crippen LogP contribution < -0.4 is 0 Å². The van der Waals surface area contributed by atoms with Gasteiger partial charge < -0.3 is 0 Å². The van der Waals surface area contributed by atoms with Crippen molar-refractivity contribution in [1.29, 1.82) is 0 Å². The van der Waals surface area contributed by atoms with Gasteiger partial charge in [0.25, 0.3) is 0 Å². The maximum atomic E-state index is 12.7. The molecule has 3 aromatic carbocycles. The summed E-state index contributed by atoms with van der Waals surface area (Å²) in [7, 11) is -0.999. The van der Waals surface area contributed by atoms with Gasteiger partial charge in [-0.3, -0.25) is 4.21 Å². The Balaban J connectivity index is 1.69. The lowest BCUT2D eigenvalue weighted by Gasteiger charge is -2.18. The standard InChI is InChI=1S/C26H28OS/c1-26(2,3)28(27)24-16-14-23(15-17-24)25-18-21-9-8-19-4-6-20(7-5-19)10-12-22(25)13-11-21/h4-7,11,13-18H,8-10,12H2,1-3H3. The predicted molar refractivity (Wildman–Crippen MR) is 119 cm³/mol. The summed E-state index contributed by atoms with van der Waals surface area (Å²) in [5.74, 6) is 0. The van der Waals surface area contributed by atoms with Gasteiger partial charge in [-0.05, 0) is 92.0 Å². The molecule has 0 radical (unpaired) electrons. The zero-order valence-corrected chi connectivity index (χ0v) is 17.8. The quantitative estimate of drug-likeness (QED) is 0.515. The van der Waals surface area contributed by atoms with E-state index in [9.17, 15) is 4.21 Å². The number of aryl methyl sites for hydroxylation is 4. The van der Waals surface area contributed by atoms with Crippen molar-refractivity contribution in [2.45, 2.75) is 56.1 Å². The summed E-state index contributed by atoms with van der Waals surface area (Å²) in [6.07, 6.45) is 4.21. The molecule has 4 aliphatic carbocycles. The lowest BCUT2D eigenvalue weighted by Crippen LogP contribution is -2.21. The summed E-state index contributed by atoms with van der Waals surface area (Å²) in [6, 6.07) is 24.4. The zero-order chi connectivity index (χ0) is 19.7. The summed E-state index contributed by atoms with van der Waals surface area (Å²) in [6.45, 7) is 6.07. The minimum Gasteiger partial charge on any atom is -0.254 e. The predicted octanol–water partition coefficient (Wildman–Crippen LogP) is 6.14. The molecule has 1 atom stereocenters. The second-order valence-electron chi connectivity index (χ2n) is 8.71. The first-order chi connectivity index (χ1) is 13.4. The minimum absolute atomic E-state index is 0.240. The lowest BCUT2D eigenvalue weighted by molar-refractivity contribution is 0.649. The van der Waals surface area contributed by atoms with Crippen molar-refractivity contribution in [1.82, 2.24) is 0 Å². The zero-order valence-electron chi connectivity index (χ0n) is 17.0. The first-order valence-corrected chi connectivity index (χ1v) is 11.3. The fourth-order valence-corrected chi connectivity index (χ4v) is 4.91. The Morgan fingerprint density at radius 3 is 1.82 bits per heavy atom. The minimum atomic E-state index is -0.999. The van der Waals surface area contributed by atoms with Gasteiger partial charge in [0.15, 0.2) is 0 Å². The van der Waals surface area contributed by atoms with Crippen LogP contribution in [-0.2, 0) is 36.5 Å². The number of hydrogen-bond acceptors (Lipinski definition) is 1. The molecule has 0 heterocycles. The summed E-state index contributed by atoms with van der Waals surface area (Å²) in [5.41, 5.74) is 8.11. The third kappa shape index (κ3) is 4.12. The van der Waals surface area contributed by atoms with Gasteiger partial charge in [0.1, 0.15) is 0 Å². The number of hydrogen-bond donors (Lipinski definition) is 0. The Morgan fingerprint density at radius 1 is 0.679 bits per heavy atom. The van der Waals surface area contributed by atoms with Crippen LogP contribution >= 0.6 is 0 Å². The third-order valence-electron chi connectivity index (χ3n) is 5.52. The van der Waals surface area contributed by atoms with E-state index in [1.165, 1.54) is 33.4 Å². The molecule has 4 aliphatic rings. The largest absolute Gasteiger partial charge is 0.254 e. The molecule has 0 spiro atoms. The van der Waals surface area contributed by atoms with Crippen molar-refractivity contribution >= 4 is 10.8 Å². The van der Waals surface area contributed by atoms with Crippen LogP contribution in [0.25, 0.3) is 11.1 Å². The van der Waals surface area contributed by atoms with Gasteiger partial charge in [-0.15, -0.1) is 0 Å². The molecule has 0 saturated heterocycles. The van der Waals surface area contributed by atoms with Crippen LogP contribution in [0.1, 0.15) is 43.0 Å². The molecule has 0 aliphatic heterocycles. The van der Waals surface area contributed by atoms with E-state index in [-0.39, 0.29) is 4.75 Å². The lowest BCUT2D eigenvalue weighted by atomic mass is 9.90. The Kier molecular flexibility index (Phi) is 5.25. The summed E-state index contributed by atoms with van der Waals surface area (Å²) in [5, 5.41) is 0. The average Bonchev–Trinajstić information content (AvgIpc) is 2.69. The molecular formula is C26H28OS. The van der Waals surface area contributed by atoms with Crippen LogP contribution in [0.2, 0.25) is 0 Å². The van der Waals surface area contributed by atoms with Gasteiger partial charge in [-0.25, -0.2) is 0 Å². The molecule has 0 saturated carbocycles. The molecule has 144 valence electrons. The highest BCUT2D eigenvalue weighted by Gasteiger charge is 2.21. The van der Waals surface area contributed by atoms with Gasteiger partial charge in [-0.2, -0.15) is 0 Å². The van der Waals surface area contributed by atoms with Crippen molar-refractivity contribution in [3.05, 3.63) is 89.0 Å². The van der Waals surface area contributed by atoms with E-state index >= 15 is 0 Å². The van der Waals surface area contributed by atoms with Gasteiger partial charge in [0.05, 0.1) is 10.8 Å². The van der Waals surface area contributed by atoms with E-state index in [2.05, 4.69) is 54.6 Å². The maximum absolute atomic E-state index is 12.7. The molecule has 4 bridgehead atoms. The van der Waals surface area contributed by atoms with Gasteiger partial charge in [0, 0.05) is 9.64 Å². The molecule has 1 nitrogen and oxygen atoms in total. The molecule has 7 rings (SSSR count). The molecule has 3 aromatic rings. The van der Waals surface area contributed by atoms with E-state index in [1.54, 1.807) is 0 Å². The highest BCUT2D eigenvalue weighted by Crippen LogP contribution is 2.30.